The van der Waals surface area contributed by atoms with Crippen molar-refractivity contribution in [1.29, 1.82) is 0 Å². The van der Waals surface area contributed by atoms with Gasteiger partial charge in [0.2, 0.25) is 0 Å². The van der Waals surface area contributed by atoms with E-state index in [1.807, 2.05) is 14.0 Å². The molecule has 0 saturated carbocycles. The third kappa shape index (κ3) is 6.21. The number of nitrogens with zero attached hydrogens (tertiary/aromatic N) is 2. The smallest absolute Gasteiger partial charge is 0.191 e. The normalized spacial score (nSPS) is 21.9. The summed E-state index contributed by atoms with van der Waals surface area (Å²) >= 11 is 0. The zero-order valence-corrected chi connectivity index (χ0v) is 12.0. The van der Waals surface area contributed by atoms with Crippen LogP contribution < -0.4 is 10.6 Å². The quantitative estimate of drug-likeness (QED) is 0.413. The first kappa shape index (κ1) is 15.2. The molecule has 0 aromatic carbocycles. The minimum atomic E-state index is 0.726. The first-order valence-electron chi connectivity index (χ1n) is 6.97. The summed E-state index contributed by atoms with van der Waals surface area (Å²) in [7, 11) is 4.00. The summed E-state index contributed by atoms with van der Waals surface area (Å²) in [5, 5.41) is 6.65. The van der Waals surface area contributed by atoms with Crippen molar-refractivity contribution >= 4 is 5.96 Å². The second kappa shape index (κ2) is 9.16. The van der Waals surface area contributed by atoms with Gasteiger partial charge < -0.3 is 20.3 Å². The Morgan fingerprint density at radius 3 is 2.94 bits per heavy atom. The average Bonchev–Trinajstić information content (AvgIpc) is 2.38. The van der Waals surface area contributed by atoms with Crippen molar-refractivity contribution in [3.05, 3.63) is 0 Å². The maximum absolute atomic E-state index is 5.28. The monoisotopic (exact) mass is 256 g/mol. The molecule has 0 bridgehead atoms. The van der Waals surface area contributed by atoms with E-state index in [4.69, 9.17) is 4.74 Å². The van der Waals surface area contributed by atoms with E-state index in [9.17, 15) is 0 Å². The van der Waals surface area contributed by atoms with Crippen molar-refractivity contribution in [2.75, 3.05) is 53.5 Å². The highest BCUT2D eigenvalue weighted by molar-refractivity contribution is 5.79. The van der Waals surface area contributed by atoms with E-state index in [0.717, 1.165) is 38.2 Å². The molecular weight excluding hydrogens is 228 g/mol. The Bertz CT molecular complexity index is 245. The van der Waals surface area contributed by atoms with Crippen molar-refractivity contribution in [2.45, 2.75) is 19.8 Å². The van der Waals surface area contributed by atoms with Gasteiger partial charge in [0.1, 0.15) is 0 Å². The fraction of sp³-hybridized carbons (Fsp3) is 0.923. The third-order valence-corrected chi connectivity index (χ3v) is 3.25. The number of nitrogens with one attached hydrogen (secondary N) is 2. The molecular formula is C13H28N4O. The van der Waals surface area contributed by atoms with Crippen molar-refractivity contribution in [3.8, 4) is 0 Å². The van der Waals surface area contributed by atoms with Gasteiger partial charge in [-0.05, 0) is 39.3 Å². The Morgan fingerprint density at radius 1 is 1.44 bits per heavy atom. The van der Waals surface area contributed by atoms with Crippen molar-refractivity contribution in [1.82, 2.24) is 15.5 Å². The molecule has 106 valence electrons. The molecule has 1 rings (SSSR count). The van der Waals surface area contributed by atoms with Gasteiger partial charge in [-0.3, -0.25) is 4.99 Å². The molecule has 0 amide bonds. The highest BCUT2D eigenvalue weighted by atomic mass is 16.5. The Morgan fingerprint density at radius 2 is 2.28 bits per heavy atom. The summed E-state index contributed by atoms with van der Waals surface area (Å²) in [5.41, 5.74) is 0. The molecule has 1 aliphatic rings. The fourth-order valence-electron chi connectivity index (χ4n) is 2.29. The number of hydrogen-bond donors (Lipinski definition) is 2. The molecule has 2 N–H and O–H groups in total. The number of ether oxygens (including phenoxy) is 1. The van der Waals surface area contributed by atoms with Gasteiger partial charge in [-0.1, -0.05) is 0 Å². The molecule has 5 heteroatoms. The summed E-state index contributed by atoms with van der Waals surface area (Å²) in [4.78, 5) is 6.62. The summed E-state index contributed by atoms with van der Waals surface area (Å²) < 4.78 is 5.28. The summed E-state index contributed by atoms with van der Waals surface area (Å²) in [6.07, 6.45) is 2.62. The van der Waals surface area contributed by atoms with Crippen LogP contribution in [-0.4, -0.2) is 64.3 Å². The Balaban J connectivity index is 2.14. The number of hydrogen-bond acceptors (Lipinski definition) is 3. The number of guanidine groups is 1. The largest absolute Gasteiger partial charge is 0.380 e. The van der Waals surface area contributed by atoms with E-state index < -0.39 is 0 Å². The van der Waals surface area contributed by atoms with Crippen molar-refractivity contribution in [2.24, 2.45) is 10.9 Å². The molecule has 1 aliphatic heterocycles. The van der Waals surface area contributed by atoms with Crippen LogP contribution >= 0.6 is 0 Å². The Labute approximate surface area is 111 Å². The molecule has 0 spiro atoms. The van der Waals surface area contributed by atoms with Crippen LogP contribution in [0.3, 0.4) is 0 Å². The lowest BCUT2D eigenvalue weighted by Crippen LogP contribution is -2.44. The van der Waals surface area contributed by atoms with Crippen LogP contribution in [0.5, 0.6) is 0 Å². The molecule has 0 aromatic heterocycles. The van der Waals surface area contributed by atoms with Crippen LogP contribution in [0.25, 0.3) is 0 Å². The van der Waals surface area contributed by atoms with Crippen LogP contribution in [0.4, 0.5) is 0 Å². The predicted octanol–water partition coefficient (Wildman–Crippen LogP) is 0.530. The van der Waals surface area contributed by atoms with Gasteiger partial charge in [0.15, 0.2) is 5.96 Å². The lowest BCUT2D eigenvalue weighted by Gasteiger charge is -2.30. The highest BCUT2D eigenvalue weighted by Crippen LogP contribution is 2.13. The van der Waals surface area contributed by atoms with Gasteiger partial charge >= 0.3 is 0 Å². The lowest BCUT2D eigenvalue weighted by molar-refractivity contribution is 0.152. The third-order valence-electron chi connectivity index (χ3n) is 3.25. The van der Waals surface area contributed by atoms with Crippen LogP contribution in [-0.2, 0) is 4.74 Å². The van der Waals surface area contributed by atoms with Gasteiger partial charge in [0.05, 0.1) is 6.61 Å². The fourth-order valence-corrected chi connectivity index (χ4v) is 2.29. The van der Waals surface area contributed by atoms with E-state index in [-0.39, 0.29) is 0 Å². The zero-order chi connectivity index (χ0) is 13.2. The molecule has 5 nitrogen and oxygen atoms in total. The average molecular weight is 256 g/mol. The maximum atomic E-state index is 5.28. The Kier molecular flexibility index (Phi) is 7.76. The van der Waals surface area contributed by atoms with Gasteiger partial charge in [0, 0.05) is 33.3 Å². The number of piperidine rings is 1. The molecule has 1 unspecified atom stereocenters. The van der Waals surface area contributed by atoms with Crippen LogP contribution in [0.2, 0.25) is 0 Å². The van der Waals surface area contributed by atoms with E-state index in [0.29, 0.717) is 0 Å². The maximum Gasteiger partial charge on any atom is 0.191 e. The van der Waals surface area contributed by atoms with Gasteiger partial charge in [-0.25, -0.2) is 0 Å². The van der Waals surface area contributed by atoms with Gasteiger partial charge in [0.25, 0.3) is 0 Å². The summed E-state index contributed by atoms with van der Waals surface area (Å²) in [5.74, 6) is 1.61. The SMILES string of the molecule is CCOCCNC(=NC)NCC1CCCN(C)C1. The van der Waals surface area contributed by atoms with E-state index in [1.165, 1.54) is 25.9 Å². The molecule has 1 saturated heterocycles. The standard InChI is InChI=1S/C13H28N4O/c1-4-18-9-7-15-13(14-2)16-10-12-6-5-8-17(3)11-12/h12H,4-11H2,1-3H3,(H2,14,15,16). The lowest BCUT2D eigenvalue weighted by atomic mass is 9.99. The zero-order valence-electron chi connectivity index (χ0n) is 12.0. The number of likely N-dealkylation sites (tertiary alicyclic amines) is 1. The van der Waals surface area contributed by atoms with E-state index in [1.54, 1.807) is 0 Å². The molecule has 0 aromatic rings. The predicted molar refractivity (Wildman–Crippen MR) is 76.1 cm³/mol. The van der Waals surface area contributed by atoms with Crippen molar-refractivity contribution in [3.63, 3.8) is 0 Å². The van der Waals surface area contributed by atoms with Crippen molar-refractivity contribution < 1.29 is 4.74 Å². The van der Waals surface area contributed by atoms with Crippen LogP contribution in [0.15, 0.2) is 4.99 Å². The molecule has 1 fully saturated rings. The minimum absolute atomic E-state index is 0.726. The van der Waals surface area contributed by atoms with E-state index >= 15 is 0 Å². The molecule has 0 aliphatic carbocycles. The molecule has 18 heavy (non-hydrogen) atoms. The second-order valence-electron chi connectivity index (χ2n) is 4.85. The first-order valence-corrected chi connectivity index (χ1v) is 6.97. The molecule has 0 radical (unpaired) electrons. The highest BCUT2D eigenvalue weighted by Gasteiger charge is 2.16. The number of aliphatic imine (C=N–C) groups is 1. The van der Waals surface area contributed by atoms with Crippen LogP contribution in [0.1, 0.15) is 19.8 Å². The minimum Gasteiger partial charge on any atom is -0.380 e. The van der Waals surface area contributed by atoms with Crippen LogP contribution in [0, 0.1) is 5.92 Å². The summed E-state index contributed by atoms with van der Waals surface area (Å²) in [6, 6.07) is 0. The summed E-state index contributed by atoms with van der Waals surface area (Å²) in [6.45, 7) is 7.72. The molecule has 1 atom stereocenters. The van der Waals surface area contributed by atoms with E-state index in [2.05, 4.69) is 27.6 Å². The second-order valence-corrected chi connectivity index (χ2v) is 4.85. The topological polar surface area (TPSA) is 48.9 Å². The Hall–Kier alpha value is -0.810. The first-order chi connectivity index (χ1) is 8.76. The number of rotatable bonds is 6. The molecule has 1 heterocycles. The van der Waals surface area contributed by atoms with Gasteiger partial charge in [-0.15, -0.1) is 0 Å². The van der Waals surface area contributed by atoms with Gasteiger partial charge in [-0.2, -0.15) is 0 Å².